The minimum Gasteiger partial charge on any atom is -0.460 e. The van der Waals surface area contributed by atoms with Crippen LogP contribution in [0, 0.1) is 18.2 Å². The highest BCUT2D eigenvalue weighted by Crippen LogP contribution is 2.27. The largest absolute Gasteiger partial charge is 0.460 e. The van der Waals surface area contributed by atoms with E-state index in [1.165, 1.54) is 0 Å². The van der Waals surface area contributed by atoms with E-state index < -0.39 is 5.97 Å². The van der Waals surface area contributed by atoms with Gasteiger partial charge in [-0.05, 0) is 43.5 Å². The highest BCUT2D eigenvalue weighted by atomic mass is 19.1. The van der Waals surface area contributed by atoms with Gasteiger partial charge >= 0.3 is 5.97 Å². The lowest BCUT2D eigenvalue weighted by Crippen LogP contribution is -2.37. The van der Waals surface area contributed by atoms with Crippen LogP contribution in [0.1, 0.15) is 36.1 Å². The fourth-order valence-electron chi connectivity index (χ4n) is 3.46. The van der Waals surface area contributed by atoms with E-state index in [0.717, 1.165) is 24.1 Å². The average molecular weight is 414 g/mol. The van der Waals surface area contributed by atoms with E-state index in [1.54, 1.807) is 24.4 Å². The number of esters is 1. The molecule has 30 heavy (non-hydrogen) atoms. The minimum atomic E-state index is -0.644. The van der Waals surface area contributed by atoms with Crippen LogP contribution in [0.5, 0.6) is 0 Å². The van der Waals surface area contributed by atoms with Crippen molar-refractivity contribution in [1.29, 1.82) is 5.41 Å². The van der Waals surface area contributed by atoms with Crippen LogP contribution in [0.2, 0.25) is 0 Å². The molecule has 0 bridgehead atoms. The van der Waals surface area contributed by atoms with Gasteiger partial charge in [0.05, 0.1) is 18.4 Å². The summed E-state index contributed by atoms with van der Waals surface area (Å²) in [6.07, 6.45) is 3.23. The summed E-state index contributed by atoms with van der Waals surface area (Å²) in [6.45, 7) is 3.68. The summed E-state index contributed by atoms with van der Waals surface area (Å²) in [4.78, 5) is 17.7. The Hall–Kier alpha value is -3.00. The number of nitrogens with zero attached hydrogens (tertiary/aromatic N) is 2. The molecular formula is C22H27FN4O3. The second kappa shape index (κ2) is 10.2. The maximum Gasteiger partial charge on any atom is 0.313 e. The summed E-state index contributed by atoms with van der Waals surface area (Å²) in [7, 11) is 0. The number of pyridine rings is 1. The quantitative estimate of drug-likeness (QED) is 0.391. The summed E-state index contributed by atoms with van der Waals surface area (Å²) >= 11 is 0. The molecule has 3 N–H and O–H groups in total. The first-order valence-electron chi connectivity index (χ1n) is 9.96. The maximum absolute atomic E-state index is 14.9. The van der Waals surface area contributed by atoms with Crippen LogP contribution in [0.25, 0.3) is 0 Å². The molecule has 0 spiro atoms. The number of nitrogens with one attached hydrogen (secondary N) is 1. The Morgan fingerprint density at radius 2 is 2.07 bits per heavy atom. The number of rotatable bonds is 8. The molecule has 1 saturated heterocycles. The number of carbonyl (C=O) groups excluding carboxylic acids is 1. The number of halogens is 1. The molecule has 1 fully saturated rings. The van der Waals surface area contributed by atoms with Gasteiger partial charge in [-0.3, -0.25) is 15.2 Å². The number of carbonyl (C=O) groups is 1. The SMILES string of the molecule is Cc1cc(COC2CCN(c3cccc(COC(=O)CC(=N)N)c3F)CC2)ccn1. The summed E-state index contributed by atoms with van der Waals surface area (Å²) in [5, 5.41) is 7.11. The number of ether oxygens (including phenoxy) is 2. The molecule has 8 heteroatoms. The first-order chi connectivity index (χ1) is 14.4. The molecule has 0 atom stereocenters. The standard InChI is InChI=1S/C22H27FN4O3/c1-15-11-16(5-8-26-15)13-29-18-6-9-27(10-7-18)19-4-2-3-17(22(19)23)14-30-21(28)12-20(24)25/h2-5,8,11,18H,6-7,9-10,12-14H2,1H3,(H3,24,25). The van der Waals surface area contributed by atoms with Crippen LogP contribution in [-0.4, -0.2) is 36.0 Å². The second-order valence-corrected chi connectivity index (χ2v) is 7.42. The Morgan fingerprint density at radius 3 is 2.77 bits per heavy atom. The number of anilines is 1. The van der Waals surface area contributed by atoms with Crippen molar-refractivity contribution in [3.63, 3.8) is 0 Å². The third-order valence-electron chi connectivity index (χ3n) is 5.01. The molecule has 160 valence electrons. The molecule has 2 heterocycles. The van der Waals surface area contributed by atoms with Crippen LogP contribution >= 0.6 is 0 Å². The third kappa shape index (κ3) is 6.00. The normalized spacial score (nSPS) is 14.5. The Morgan fingerprint density at radius 1 is 1.30 bits per heavy atom. The fourth-order valence-corrected chi connectivity index (χ4v) is 3.46. The molecule has 0 radical (unpaired) electrons. The first kappa shape index (κ1) is 21.7. The number of hydrogen-bond acceptors (Lipinski definition) is 6. The first-order valence-corrected chi connectivity index (χ1v) is 9.96. The number of benzene rings is 1. The lowest BCUT2D eigenvalue weighted by molar-refractivity contribution is -0.143. The van der Waals surface area contributed by atoms with Crippen LogP contribution in [-0.2, 0) is 27.5 Å². The van der Waals surface area contributed by atoms with E-state index in [9.17, 15) is 9.18 Å². The van der Waals surface area contributed by atoms with Gasteiger partial charge in [0.2, 0.25) is 0 Å². The van der Waals surface area contributed by atoms with E-state index in [0.29, 0.717) is 30.9 Å². The van der Waals surface area contributed by atoms with Crippen molar-refractivity contribution >= 4 is 17.5 Å². The Labute approximate surface area is 175 Å². The Balaban J connectivity index is 1.52. The molecule has 0 unspecified atom stereocenters. The number of piperidine rings is 1. The molecular weight excluding hydrogens is 387 g/mol. The van der Waals surface area contributed by atoms with Gasteiger partial charge in [-0.2, -0.15) is 0 Å². The molecule has 0 saturated carbocycles. The lowest BCUT2D eigenvalue weighted by Gasteiger charge is -2.34. The molecule has 1 aromatic heterocycles. The third-order valence-corrected chi connectivity index (χ3v) is 5.01. The monoisotopic (exact) mass is 414 g/mol. The number of nitrogens with two attached hydrogens (primary N) is 1. The van der Waals surface area contributed by atoms with Gasteiger partial charge in [-0.25, -0.2) is 4.39 Å². The van der Waals surface area contributed by atoms with Crippen LogP contribution in [0.3, 0.4) is 0 Å². The Kier molecular flexibility index (Phi) is 7.35. The number of aromatic nitrogens is 1. The minimum absolute atomic E-state index is 0.133. The molecule has 1 aliphatic rings. The van der Waals surface area contributed by atoms with Crippen molar-refractivity contribution in [2.45, 2.75) is 45.5 Å². The fraction of sp³-hybridized carbons (Fsp3) is 0.409. The predicted octanol–water partition coefficient (Wildman–Crippen LogP) is 3.08. The maximum atomic E-state index is 14.9. The molecule has 3 rings (SSSR count). The summed E-state index contributed by atoms with van der Waals surface area (Å²) in [5.41, 5.74) is 8.04. The van der Waals surface area contributed by atoms with Crippen LogP contribution in [0.15, 0.2) is 36.5 Å². The van der Waals surface area contributed by atoms with Gasteiger partial charge in [-0.1, -0.05) is 12.1 Å². The zero-order valence-corrected chi connectivity index (χ0v) is 17.1. The van der Waals surface area contributed by atoms with E-state index in [-0.39, 0.29) is 30.8 Å². The summed E-state index contributed by atoms with van der Waals surface area (Å²) in [5.74, 6) is -1.31. The number of amidine groups is 1. The van der Waals surface area contributed by atoms with Crippen LogP contribution in [0.4, 0.5) is 10.1 Å². The Bertz CT molecular complexity index is 898. The predicted molar refractivity (Wildman–Crippen MR) is 112 cm³/mol. The van der Waals surface area contributed by atoms with E-state index in [2.05, 4.69) is 4.98 Å². The average Bonchev–Trinajstić information content (AvgIpc) is 2.71. The van der Waals surface area contributed by atoms with Crippen molar-refractivity contribution in [2.75, 3.05) is 18.0 Å². The topological polar surface area (TPSA) is 102 Å². The van der Waals surface area contributed by atoms with Crippen LogP contribution < -0.4 is 10.6 Å². The smallest absolute Gasteiger partial charge is 0.313 e. The lowest BCUT2D eigenvalue weighted by atomic mass is 10.1. The molecule has 7 nitrogen and oxygen atoms in total. The van der Waals surface area contributed by atoms with Gasteiger partial charge in [0.1, 0.15) is 18.9 Å². The zero-order chi connectivity index (χ0) is 21.5. The van der Waals surface area contributed by atoms with Gasteiger partial charge in [0.15, 0.2) is 5.82 Å². The van der Waals surface area contributed by atoms with Crippen molar-refractivity contribution in [1.82, 2.24) is 4.98 Å². The second-order valence-electron chi connectivity index (χ2n) is 7.42. The highest BCUT2D eigenvalue weighted by molar-refractivity contribution is 5.94. The molecule has 1 aromatic carbocycles. The van der Waals surface area contributed by atoms with Gasteiger partial charge in [0.25, 0.3) is 0 Å². The highest BCUT2D eigenvalue weighted by Gasteiger charge is 2.23. The van der Waals surface area contributed by atoms with Crippen molar-refractivity contribution in [3.8, 4) is 0 Å². The van der Waals surface area contributed by atoms with Crippen molar-refractivity contribution in [2.24, 2.45) is 5.73 Å². The van der Waals surface area contributed by atoms with Gasteiger partial charge < -0.3 is 20.1 Å². The van der Waals surface area contributed by atoms with Crippen molar-refractivity contribution in [3.05, 3.63) is 59.2 Å². The number of hydrogen-bond donors (Lipinski definition) is 2. The van der Waals surface area contributed by atoms with Crippen molar-refractivity contribution < 1.29 is 18.7 Å². The summed E-state index contributed by atoms with van der Waals surface area (Å²) in [6, 6.07) is 9.04. The number of aryl methyl sites for hydroxylation is 1. The molecule has 0 aliphatic carbocycles. The van der Waals surface area contributed by atoms with E-state index >= 15 is 0 Å². The van der Waals surface area contributed by atoms with Gasteiger partial charge in [-0.15, -0.1) is 0 Å². The molecule has 1 aliphatic heterocycles. The molecule has 0 amide bonds. The molecule has 2 aromatic rings. The van der Waals surface area contributed by atoms with Gasteiger partial charge in [0, 0.05) is 30.5 Å². The summed E-state index contributed by atoms with van der Waals surface area (Å²) < 4.78 is 26.0. The van der Waals surface area contributed by atoms with E-state index in [4.69, 9.17) is 20.6 Å². The zero-order valence-electron chi connectivity index (χ0n) is 17.1. The van der Waals surface area contributed by atoms with E-state index in [1.807, 2.05) is 24.0 Å².